The molecule has 2 N–H and O–H groups in total. The van der Waals surface area contributed by atoms with Crippen molar-refractivity contribution in [3.63, 3.8) is 0 Å². The smallest absolute Gasteiger partial charge is 0.412 e. The second-order valence-electron chi connectivity index (χ2n) is 9.66. The first kappa shape index (κ1) is 23.4. The molecule has 3 aromatic rings. The highest BCUT2D eigenvalue weighted by Crippen LogP contribution is 2.42. The van der Waals surface area contributed by atoms with Crippen molar-refractivity contribution >= 4 is 28.8 Å². The fourth-order valence-corrected chi connectivity index (χ4v) is 5.85. The van der Waals surface area contributed by atoms with Crippen LogP contribution in [0.15, 0.2) is 42.5 Å². The molecular weight excluding hydrogens is 446 g/mol. The molecule has 8 heteroatoms. The zero-order valence-corrected chi connectivity index (χ0v) is 20.1. The van der Waals surface area contributed by atoms with E-state index in [1.165, 1.54) is 12.0 Å². The Morgan fingerprint density at radius 1 is 1.11 bits per heavy atom. The Balaban J connectivity index is 1.68. The average Bonchev–Trinajstić information content (AvgIpc) is 3.27. The molecule has 0 bridgehead atoms. The van der Waals surface area contributed by atoms with Crippen LogP contribution in [0.4, 0.5) is 10.5 Å². The first-order valence-electron chi connectivity index (χ1n) is 12.3. The van der Waals surface area contributed by atoms with Crippen LogP contribution in [0.3, 0.4) is 0 Å². The summed E-state index contributed by atoms with van der Waals surface area (Å²) in [7, 11) is 1.42. The fraction of sp³-hybridized carbons (Fsp3) is 0.444. The van der Waals surface area contributed by atoms with Gasteiger partial charge in [-0.05, 0) is 56.7 Å². The minimum absolute atomic E-state index is 0.0256. The third-order valence-electron chi connectivity index (χ3n) is 7.59. The number of benzene rings is 2. The van der Waals surface area contributed by atoms with E-state index in [0.29, 0.717) is 30.8 Å². The summed E-state index contributed by atoms with van der Waals surface area (Å²) in [5.41, 5.74) is 3.88. The number of ether oxygens (including phenoxy) is 1. The molecule has 0 unspecified atom stereocenters. The third kappa shape index (κ3) is 4.05. The maximum absolute atomic E-state index is 12.4. The van der Waals surface area contributed by atoms with Gasteiger partial charge in [-0.3, -0.25) is 9.69 Å². The van der Waals surface area contributed by atoms with Gasteiger partial charge in [-0.15, -0.1) is 0 Å². The third-order valence-corrected chi connectivity index (χ3v) is 7.59. The summed E-state index contributed by atoms with van der Waals surface area (Å²) < 4.78 is 7.12. The molecular formula is C27H31N3O5. The summed E-state index contributed by atoms with van der Waals surface area (Å²) in [5.74, 6) is 0.127. The number of imidazole rings is 1. The van der Waals surface area contributed by atoms with Crippen LogP contribution in [-0.4, -0.2) is 45.0 Å². The van der Waals surface area contributed by atoms with Crippen LogP contribution in [0.25, 0.3) is 11.0 Å². The van der Waals surface area contributed by atoms with Gasteiger partial charge in [0.15, 0.2) is 0 Å². The maximum Gasteiger partial charge on any atom is 0.412 e. The number of hydrogen-bond acceptors (Lipinski definition) is 5. The van der Waals surface area contributed by atoms with E-state index in [9.17, 15) is 19.8 Å². The van der Waals surface area contributed by atoms with Crippen LogP contribution in [0.5, 0.6) is 0 Å². The molecule has 1 fully saturated rings. The number of aliphatic hydroxyl groups is 1. The normalized spacial score (nSPS) is 23.1. The molecule has 1 aliphatic carbocycles. The summed E-state index contributed by atoms with van der Waals surface area (Å²) in [5, 5.41) is 21.3. The minimum Gasteiger partial charge on any atom is -0.469 e. The molecule has 1 aliphatic heterocycles. The molecule has 2 heterocycles. The van der Waals surface area contributed by atoms with Gasteiger partial charge in [0.05, 0.1) is 29.7 Å². The molecule has 1 amide bonds. The molecule has 0 radical (unpaired) electrons. The van der Waals surface area contributed by atoms with E-state index < -0.39 is 12.2 Å². The van der Waals surface area contributed by atoms with Gasteiger partial charge in [0.2, 0.25) is 0 Å². The van der Waals surface area contributed by atoms with E-state index in [0.717, 1.165) is 41.4 Å². The lowest BCUT2D eigenvalue weighted by atomic mass is 9.85. The lowest BCUT2D eigenvalue weighted by Gasteiger charge is -2.33. The summed E-state index contributed by atoms with van der Waals surface area (Å²) in [6, 6.07) is 13.0. The standard InChI is InChI=1S/C27H31N3O5/c1-16-11-12-20-21(29(16)27(33)34)13-14-22-23(20)28-25(24(31)17-7-4-3-5-8-17)30(22)19-10-6-9-18(15-19)26(32)35-2/h3-5,7-8,13-14,16,18-19,24,31H,6,9-12,15H2,1-2H3,(H,33,34)/t16-,18+,19+,24+/m0/s1. The van der Waals surface area contributed by atoms with Gasteiger partial charge in [-0.2, -0.15) is 0 Å². The molecule has 1 saturated carbocycles. The van der Waals surface area contributed by atoms with E-state index in [1.807, 2.05) is 49.4 Å². The number of esters is 1. The van der Waals surface area contributed by atoms with Gasteiger partial charge in [0, 0.05) is 17.6 Å². The number of rotatable bonds is 4. The Labute approximate surface area is 204 Å². The lowest BCUT2D eigenvalue weighted by molar-refractivity contribution is -0.147. The summed E-state index contributed by atoms with van der Waals surface area (Å²) in [4.78, 5) is 30.8. The van der Waals surface area contributed by atoms with Gasteiger partial charge in [0.1, 0.15) is 11.9 Å². The topological polar surface area (TPSA) is 105 Å². The molecule has 2 aliphatic rings. The predicted octanol–water partition coefficient (Wildman–Crippen LogP) is 4.84. The first-order valence-corrected chi connectivity index (χ1v) is 12.3. The summed E-state index contributed by atoms with van der Waals surface area (Å²) in [6.07, 6.45) is 2.63. The van der Waals surface area contributed by atoms with Crippen molar-refractivity contribution in [2.45, 2.75) is 63.6 Å². The molecule has 0 saturated heterocycles. The van der Waals surface area contributed by atoms with Crippen LogP contribution in [-0.2, 0) is 16.0 Å². The largest absolute Gasteiger partial charge is 0.469 e. The zero-order valence-electron chi connectivity index (χ0n) is 20.1. The molecule has 35 heavy (non-hydrogen) atoms. The highest BCUT2D eigenvalue weighted by Gasteiger charge is 2.35. The first-order chi connectivity index (χ1) is 16.9. The van der Waals surface area contributed by atoms with Gasteiger partial charge < -0.3 is 19.5 Å². The van der Waals surface area contributed by atoms with Crippen LogP contribution in [0.1, 0.15) is 68.1 Å². The van der Waals surface area contributed by atoms with Crippen LogP contribution < -0.4 is 4.90 Å². The predicted molar refractivity (Wildman–Crippen MR) is 132 cm³/mol. The van der Waals surface area contributed by atoms with E-state index in [-0.39, 0.29) is 24.0 Å². The number of hydrogen-bond donors (Lipinski definition) is 2. The number of carbonyl (C=O) groups excluding carboxylic acids is 1. The minimum atomic E-state index is -0.977. The molecule has 184 valence electrons. The van der Waals surface area contributed by atoms with E-state index in [1.54, 1.807) is 0 Å². The quantitative estimate of drug-likeness (QED) is 0.521. The van der Waals surface area contributed by atoms with Crippen molar-refractivity contribution in [3.05, 3.63) is 59.4 Å². The molecule has 5 rings (SSSR count). The van der Waals surface area contributed by atoms with Crippen LogP contribution in [0, 0.1) is 5.92 Å². The monoisotopic (exact) mass is 477 g/mol. The lowest BCUT2D eigenvalue weighted by Crippen LogP contribution is -2.41. The number of nitrogens with zero attached hydrogens (tertiary/aromatic N) is 3. The Kier molecular flexibility index (Phi) is 6.23. The van der Waals surface area contributed by atoms with Crippen LogP contribution in [0.2, 0.25) is 0 Å². The van der Waals surface area contributed by atoms with E-state index in [2.05, 4.69) is 4.57 Å². The van der Waals surface area contributed by atoms with Gasteiger partial charge in [0.25, 0.3) is 0 Å². The summed E-state index contributed by atoms with van der Waals surface area (Å²) in [6.45, 7) is 1.92. The highest BCUT2D eigenvalue weighted by atomic mass is 16.5. The number of aromatic nitrogens is 2. The van der Waals surface area contributed by atoms with Crippen molar-refractivity contribution in [2.24, 2.45) is 5.92 Å². The highest BCUT2D eigenvalue weighted by molar-refractivity contribution is 5.94. The average molecular weight is 478 g/mol. The molecule has 2 aromatic carbocycles. The second-order valence-corrected chi connectivity index (χ2v) is 9.66. The van der Waals surface area contributed by atoms with E-state index in [4.69, 9.17) is 9.72 Å². The number of methoxy groups -OCH3 is 1. The second kappa shape index (κ2) is 9.34. The van der Waals surface area contributed by atoms with Gasteiger partial charge >= 0.3 is 12.1 Å². The van der Waals surface area contributed by atoms with Crippen molar-refractivity contribution in [3.8, 4) is 0 Å². The Hall–Kier alpha value is -3.39. The molecule has 8 nitrogen and oxygen atoms in total. The van der Waals surface area contributed by atoms with Crippen molar-refractivity contribution in [1.82, 2.24) is 9.55 Å². The Morgan fingerprint density at radius 3 is 2.60 bits per heavy atom. The maximum atomic E-state index is 12.4. The molecule has 1 aromatic heterocycles. The number of aliphatic hydroxyl groups excluding tert-OH is 1. The fourth-order valence-electron chi connectivity index (χ4n) is 5.85. The Bertz CT molecular complexity index is 1250. The van der Waals surface area contributed by atoms with Gasteiger partial charge in [-0.1, -0.05) is 36.8 Å². The number of aryl methyl sites for hydroxylation is 1. The van der Waals surface area contributed by atoms with Crippen molar-refractivity contribution in [1.29, 1.82) is 0 Å². The van der Waals surface area contributed by atoms with Crippen molar-refractivity contribution in [2.75, 3.05) is 12.0 Å². The Morgan fingerprint density at radius 2 is 1.89 bits per heavy atom. The number of amides is 1. The number of carboxylic acid groups (broad SMARTS) is 1. The number of fused-ring (bicyclic) bond motifs is 3. The number of anilines is 1. The molecule has 0 spiro atoms. The van der Waals surface area contributed by atoms with Gasteiger partial charge in [-0.25, -0.2) is 9.78 Å². The van der Waals surface area contributed by atoms with Crippen LogP contribution >= 0.6 is 0 Å². The van der Waals surface area contributed by atoms with Crippen molar-refractivity contribution < 1.29 is 24.5 Å². The molecule has 4 atom stereocenters. The van der Waals surface area contributed by atoms with E-state index >= 15 is 0 Å². The number of carbonyl (C=O) groups is 2. The SMILES string of the molecule is COC(=O)[C@@H]1CCC[C@@H](n2c([C@H](O)c3ccccc3)nc3c4c(ccc32)N(C(=O)O)[C@@H](C)CC4)C1. The summed E-state index contributed by atoms with van der Waals surface area (Å²) >= 11 is 0. The zero-order chi connectivity index (χ0) is 24.7.